The van der Waals surface area contributed by atoms with Crippen LogP contribution in [0.5, 0.6) is 0 Å². The number of nitrogens with zero attached hydrogens (tertiary/aromatic N) is 2. The molecule has 0 rings (SSSR count). The summed E-state index contributed by atoms with van der Waals surface area (Å²) in [6.07, 6.45) is 0. The summed E-state index contributed by atoms with van der Waals surface area (Å²) < 4.78 is 0. The first kappa shape index (κ1) is 29.5. The molecule has 0 saturated heterocycles. The van der Waals surface area contributed by atoms with E-state index >= 15 is 0 Å². The van der Waals surface area contributed by atoms with Crippen LogP contribution in [0, 0.1) is 0 Å². The topological polar surface area (TPSA) is 219 Å². The molecule has 0 aromatic heterocycles. The second-order valence-corrected chi connectivity index (χ2v) is 4.00. The standard InChI is InChI=1S/C10H16N2O8.Mg.2H2O.2H/c13-7(14)3-11(4-8(15)16)1-2-12(5-9(17)18)6-10(19)20;;;;;/h1-6H2,(H,13,14)(H,15,16)(H,17,18)(H,19,20);;2*1H2;;. The molecule has 0 amide bonds. The molecule has 0 aromatic carbocycles. The quantitative estimate of drug-likeness (QED) is 0.260. The van der Waals surface area contributed by atoms with E-state index in [4.69, 9.17) is 20.4 Å². The smallest absolute Gasteiger partial charge is 0.317 e. The molecule has 0 spiro atoms. The van der Waals surface area contributed by atoms with Crippen molar-refractivity contribution in [3.63, 3.8) is 0 Å². The van der Waals surface area contributed by atoms with Crippen LogP contribution in [-0.4, -0.2) is 127 Å². The van der Waals surface area contributed by atoms with E-state index in [9.17, 15) is 19.2 Å². The summed E-state index contributed by atoms with van der Waals surface area (Å²) in [5.41, 5.74) is 0. The maximum atomic E-state index is 10.6. The number of hydrogen-bond donors (Lipinski definition) is 4. The van der Waals surface area contributed by atoms with Gasteiger partial charge in [-0.2, -0.15) is 0 Å². The SMILES string of the molecule is O.O.O=C(O)CN(CCN(CC(=O)O)CC(=O)O)CC(=O)O.[MgH2]. The van der Waals surface area contributed by atoms with Crippen molar-refractivity contribution in [2.75, 3.05) is 39.3 Å². The molecule has 0 aliphatic rings. The average Bonchev–Trinajstić information content (AvgIpc) is 2.22. The lowest BCUT2D eigenvalue weighted by Gasteiger charge is -2.23. The maximum Gasteiger partial charge on any atom is 0.317 e. The van der Waals surface area contributed by atoms with E-state index in [-0.39, 0.29) is 47.1 Å². The van der Waals surface area contributed by atoms with Crippen LogP contribution < -0.4 is 0 Å². The fourth-order valence-electron chi connectivity index (χ4n) is 1.48. The molecule has 12 nitrogen and oxygen atoms in total. The number of carboxylic acid groups (broad SMARTS) is 4. The molecular weight excluding hydrogens is 332 g/mol. The van der Waals surface area contributed by atoms with Crippen molar-refractivity contribution >= 4 is 46.9 Å². The van der Waals surface area contributed by atoms with E-state index in [1.165, 1.54) is 0 Å². The molecule has 0 atom stereocenters. The van der Waals surface area contributed by atoms with E-state index < -0.39 is 50.1 Å². The normalized spacial score (nSPS) is 9.30. The highest BCUT2D eigenvalue weighted by Gasteiger charge is 2.17. The predicted octanol–water partition coefficient (Wildman–Crippen LogP) is -4.64. The van der Waals surface area contributed by atoms with Gasteiger partial charge in [0.15, 0.2) is 0 Å². The summed E-state index contributed by atoms with van der Waals surface area (Å²) in [5.74, 6) is -4.91. The van der Waals surface area contributed by atoms with Crippen LogP contribution in [0.25, 0.3) is 0 Å². The molecule has 8 N–H and O–H groups in total. The Hall–Kier alpha value is -1.51. The Morgan fingerprint density at radius 2 is 0.739 bits per heavy atom. The van der Waals surface area contributed by atoms with Gasteiger partial charge in [0.25, 0.3) is 0 Å². The van der Waals surface area contributed by atoms with Crippen LogP contribution in [0.2, 0.25) is 0 Å². The highest BCUT2D eigenvalue weighted by Crippen LogP contribution is 1.94. The highest BCUT2D eigenvalue weighted by atomic mass is 24.3. The molecule has 0 saturated carbocycles. The molecule has 0 unspecified atom stereocenters. The number of rotatable bonds is 11. The minimum atomic E-state index is -1.23. The van der Waals surface area contributed by atoms with E-state index in [2.05, 4.69) is 0 Å². The molecule has 0 heterocycles. The Morgan fingerprint density at radius 3 is 0.870 bits per heavy atom. The van der Waals surface area contributed by atoms with Crippen molar-refractivity contribution in [3.05, 3.63) is 0 Å². The molecule has 0 bridgehead atoms. The van der Waals surface area contributed by atoms with Gasteiger partial charge in [-0.1, -0.05) is 0 Å². The van der Waals surface area contributed by atoms with Crippen molar-refractivity contribution < 1.29 is 50.6 Å². The summed E-state index contributed by atoms with van der Waals surface area (Å²) in [4.78, 5) is 44.4. The molecule has 0 aliphatic carbocycles. The van der Waals surface area contributed by atoms with Crippen LogP contribution in [-0.2, 0) is 19.2 Å². The van der Waals surface area contributed by atoms with E-state index in [0.717, 1.165) is 9.80 Å². The van der Waals surface area contributed by atoms with Gasteiger partial charge in [0.05, 0.1) is 26.2 Å². The van der Waals surface area contributed by atoms with Crippen LogP contribution in [0.3, 0.4) is 0 Å². The number of aliphatic carboxylic acids is 4. The van der Waals surface area contributed by atoms with Crippen molar-refractivity contribution in [2.45, 2.75) is 0 Å². The Morgan fingerprint density at radius 1 is 0.565 bits per heavy atom. The highest BCUT2D eigenvalue weighted by molar-refractivity contribution is 5.75. The molecule has 23 heavy (non-hydrogen) atoms. The number of carbonyl (C=O) groups is 4. The van der Waals surface area contributed by atoms with Crippen LogP contribution in [0.1, 0.15) is 0 Å². The fourth-order valence-corrected chi connectivity index (χ4v) is 1.48. The zero-order valence-electron chi connectivity index (χ0n) is 11.6. The summed E-state index contributed by atoms with van der Waals surface area (Å²) >= 11 is 0. The van der Waals surface area contributed by atoms with Crippen LogP contribution in [0.15, 0.2) is 0 Å². The third-order valence-corrected chi connectivity index (χ3v) is 2.17. The number of hydrogen-bond acceptors (Lipinski definition) is 6. The van der Waals surface area contributed by atoms with Gasteiger partial charge in [0, 0.05) is 13.1 Å². The molecule has 13 heteroatoms. The monoisotopic (exact) mass is 354 g/mol. The zero-order chi connectivity index (χ0) is 15.7. The third-order valence-electron chi connectivity index (χ3n) is 2.17. The predicted molar refractivity (Wildman–Crippen MR) is 79.2 cm³/mol. The Balaban J connectivity index is -0.000000602. The van der Waals surface area contributed by atoms with Gasteiger partial charge in [-0.05, 0) is 0 Å². The molecule has 0 aromatic rings. The Kier molecular flexibility index (Phi) is 19.7. The van der Waals surface area contributed by atoms with Crippen molar-refractivity contribution in [1.82, 2.24) is 9.80 Å². The lowest BCUT2D eigenvalue weighted by atomic mass is 10.4. The van der Waals surface area contributed by atoms with Crippen molar-refractivity contribution in [3.8, 4) is 0 Å². The lowest BCUT2D eigenvalue weighted by molar-refractivity contribution is -0.145. The Bertz CT molecular complexity index is 324. The largest absolute Gasteiger partial charge is 0.480 e. The molecule has 134 valence electrons. The summed E-state index contributed by atoms with van der Waals surface area (Å²) in [5, 5.41) is 34.5. The molecule has 0 aliphatic heterocycles. The fraction of sp³-hybridized carbons (Fsp3) is 0.600. The minimum Gasteiger partial charge on any atom is -0.480 e. The maximum absolute atomic E-state index is 10.6. The molecule has 0 fully saturated rings. The van der Waals surface area contributed by atoms with Crippen molar-refractivity contribution in [1.29, 1.82) is 0 Å². The number of carboxylic acids is 4. The van der Waals surface area contributed by atoms with Gasteiger partial charge in [-0.3, -0.25) is 29.0 Å². The van der Waals surface area contributed by atoms with E-state index in [0.29, 0.717) is 0 Å². The summed E-state index contributed by atoms with van der Waals surface area (Å²) in [7, 11) is 0. The zero-order valence-corrected chi connectivity index (χ0v) is 11.6. The summed E-state index contributed by atoms with van der Waals surface area (Å²) in [6.45, 7) is -2.25. The average molecular weight is 355 g/mol. The van der Waals surface area contributed by atoms with E-state index in [1.807, 2.05) is 0 Å². The first-order chi connectivity index (χ1) is 9.20. The van der Waals surface area contributed by atoms with Gasteiger partial charge < -0.3 is 31.4 Å². The second-order valence-electron chi connectivity index (χ2n) is 4.00. The first-order valence-electron chi connectivity index (χ1n) is 5.52. The summed E-state index contributed by atoms with van der Waals surface area (Å²) in [6, 6.07) is 0. The van der Waals surface area contributed by atoms with Gasteiger partial charge >= 0.3 is 46.9 Å². The van der Waals surface area contributed by atoms with Gasteiger partial charge in [-0.25, -0.2) is 0 Å². The van der Waals surface area contributed by atoms with Crippen molar-refractivity contribution in [2.24, 2.45) is 0 Å². The van der Waals surface area contributed by atoms with E-state index in [1.54, 1.807) is 0 Å². The third kappa shape index (κ3) is 18.4. The van der Waals surface area contributed by atoms with Crippen LogP contribution in [0.4, 0.5) is 0 Å². The van der Waals surface area contributed by atoms with Gasteiger partial charge in [0.1, 0.15) is 0 Å². The van der Waals surface area contributed by atoms with Crippen LogP contribution >= 0.6 is 0 Å². The second kappa shape index (κ2) is 15.4. The lowest BCUT2D eigenvalue weighted by Crippen LogP contribution is -2.43. The first-order valence-corrected chi connectivity index (χ1v) is 5.52. The minimum absolute atomic E-state index is 0. The molecule has 0 radical (unpaired) electrons. The Labute approximate surface area is 147 Å². The van der Waals surface area contributed by atoms with Gasteiger partial charge in [-0.15, -0.1) is 0 Å². The molecular formula is C10H22MgN2O10. The van der Waals surface area contributed by atoms with Gasteiger partial charge in [0.2, 0.25) is 0 Å².